The minimum absolute atomic E-state index is 0.168. The number of amides is 4. The van der Waals surface area contributed by atoms with Crippen LogP contribution < -0.4 is 19.3 Å². The van der Waals surface area contributed by atoms with E-state index in [2.05, 4.69) is 15.9 Å². The summed E-state index contributed by atoms with van der Waals surface area (Å²) in [7, 11) is 3.01. The van der Waals surface area contributed by atoms with Gasteiger partial charge in [-0.2, -0.15) is 0 Å². The molecule has 1 aliphatic rings. The van der Waals surface area contributed by atoms with E-state index >= 15 is 0 Å². The number of nitrogens with zero attached hydrogens (tertiary/aromatic N) is 2. The van der Waals surface area contributed by atoms with Gasteiger partial charge in [0.2, 0.25) is 0 Å². The summed E-state index contributed by atoms with van der Waals surface area (Å²) in [6, 6.07) is 22.5. The van der Waals surface area contributed by atoms with Crippen LogP contribution in [0.2, 0.25) is 0 Å². The van der Waals surface area contributed by atoms with Gasteiger partial charge < -0.3 is 9.47 Å². The summed E-state index contributed by atoms with van der Waals surface area (Å²) >= 11 is 3.46. The van der Waals surface area contributed by atoms with E-state index < -0.39 is 17.8 Å². The molecule has 190 valence electrons. The molecule has 1 heterocycles. The number of barbiturate groups is 1. The molecule has 4 aromatic carbocycles. The normalized spacial score (nSPS) is 14.9. The third-order valence-electron chi connectivity index (χ3n) is 6.28. The minimum Gasteiger partial charge on any atom is -0.493 e. The summed E-state index contributed by atoms with van der Waals surface area (Å²) in [5, 5.41) is 1.57. The van der Waals surface area contributed by atoms with Gasteiger partial charge in [-0.15, -0.1) is 0 Å². The van der Waals surface area contributed by atoms with Gasteiger partial charge in [-0.1, -0.05) is 48.5 Å². The summed E-state index contributed by atoms with van der Waals surface area (Å²) < 4.78 is 11.4. The molecule has 4 amide bonds. The maximum atomic E-state index is 13.9. The highest BCUT2D eigenvalue weighted by atomic mass is 79.9. The molecule has 0 atom stereocenters. The van der Waals surface area contributed by atoms with Crippen LogP contribution in [-0.2, 0) is 9.59 Å². The Morgan fingerprint density at radius 3 is 2.24 bits per heavy atom. The molecule has 0 unspecified atom stereocenters. The fourth-order valence-electron chi connectivity index (χ4n) is 4.53. The van der Waals surface area contributed by atoms with Gasteiger partial charge in [-0.3, -0.25) is 9.59 Å². The van der Waals surface area contributed by atoms with Gasteiger partial charge in [0, 0.05) is 5.39 Å². The topological polar surface area (TPSA) is 76.2 Å². The van der Waals surface area contributed by atoms with E-state index in [0.717, 1.165) is 20.7 Å². The molecular formula is C30H23BrN2O5. The molecule has 0 radical (unpaired) electrons. The van der Waals surface area contributed by atoms with Crippen LogP contribution in [0.1, 0.15) is 11.1 Å². The standard InChI is InChI=1S/C30H23BrN2O5/c1-18-8-6-11-21(14-18)32-28(34)23(15-19-16-24(31)27(38-3)26(17-19)37-2)29(35)33(30(32)36)25-13-7-10-20-9-4-5-12-22(20)25/h4-17H,1-3H3. The number of carbonyl (C=O) groups excluding carboxylic acids is 3. The summed E-state index contributed by atoms with van der Waals surface area (Å²) in [5.41, 5.74) is 1.98. The quantitative estimate of drug-likeness (QED) is 0.202. The van der Waals surface area contributed by atoms with Crippen molar-refractivity contribution >= 4 is 62.0 Å². The number of carbonyl (C=O) groups is 3. The lowest BCUT2D eigenvalue weighted by molar-refractivity contribution is -0.121. The number of aryl methyl sites for hydroxylation is 1. The zero-order valence-electron chi connectivity index (χ0n) is 20.9. The molecule has 0 spiro atoms. The molecule has 4 aromatic rings. The molecule has 0 N–H and O–H groups in total. The average Bonchev–Trinajstić information content (AvgIpc) is 2.91. The van der Waals surface area contributed by atoms with Crippen LogP contribution in [0.15, 0.2) is 88.9 Å². The van der Waals surface area contributed by atoms with Gasteiger partial charge in [-0.25, -0.2) is 14.6 Å². The summed E-state index contributed by atoms with van der Waals surface area (Å²) in [5.74, 6) is -0.536. The highest BCUT2D eigenvalue weighted by molar-refractivity contribution is 9.10. The summed E-state index contributed by atoms with van der Waals surface area (Å²) in [6.07, 6.45) is 1.46. The van der Waals surface area contributed by atoms with Gasteiger partial charge in [-0.05, 0) is 75.8 Å². The van der Waals surface area contributed by atoms with Crippen molar-refractivity contribution in [2.24, 2.45) is 0 Å². The number of methoxy groups -OCH3 is 2. The highest BCUT2D eigenvalue weighted by Crippen LogP contribution is 2.38. The third kappa shape index (κ3) is 4.33. The average molecular weight is 571 g/mol. The first-order chi connectivity index (χ1) is 18.3. The largest absolute Gasteiger partial charge is 0.493 e. The van der Waals surface area contributed by atoms with Crippen LogP contribution in [0, 0.1) is 6.92 Å². The maximum absolute atomic E-state index is 13.9. The Morgan fingerprint density at radius 2 is 1.50 bits per heavy atom. The number of ether oxygens (including phenoxy) is 2. The van der Waals surface area contributed by atoms with Crippen LogP contribution in [0.5, 0.6) is 11.5 Å². The predicted octanol–water partition coefficient (Wildman–Crippen LogP) is 6.51. The number of halogens is 1. The van der Waals surface area contributed by atoms with Crippen molar-refractivity contribution in [3.05, 3.63) is 100 Å². The minimum atomic E-state index is -0.743. The number of hydrogen-bond acceptors (Lipinski definition) is 5. The molecule has 0 bridgehead atoms. The van der Waals surface area contributed by atoms with Crippen LogP contribution in [0.3, 0.4) is 0 Å². The number of benzene rings is 4. The van der Waals surface area contributed by atoms with Gasteiger partial charge in [0.1, 0.15) is 5.57 Å². The van der Waals surface area contributed by atoms with Gasteiger partial charge in [0.05, 0.1) is 30.1 Å². The van der Waals surface area contributed by atoms with Gasteiger partial charge in [0.15, 0.2) is 11.5 Å². The van der Waals surface area contributed by atoms with Crippen LogP contribution in [-0.4, -0.2) is 32.1 Å². The molecule has 1 fully saturated rings. The molecule has 1 saturated heterocycles. The van der Waals surface area contributed by atoms with Crippen molar-refractivity contribution in [2.75, 3.05) is 24.0 Å². The van der Waals surface area contributed by atoms with Gasteiger partial charge in [0.25, 0.3) is 11.8 Å². The van der Waals surface area contributed by atoms with E-state index in [0.29, 0.717) is 38.3 Å². The van der Waals surface area contributed by atoms with Gasteiger partial charge >= 0.3 is 6.03 Å². The van der Waals surface area contributed by atoms with Crippen molar-refractivity contribution < 1.29 is 23.9 Å². The molecule has 38 heavy (non-hydrogen) atoms. The Morgan fingerprint density at radius 1 is 0.789 bits per heavy atom. The van der Waals surface area contributed by atoms with Crippen molar-refractivity contribution in [1.29, 1.82) is 0 Å². The van der Waals surface area contributed by atoms with Crippen molar-refractivity contribution in [3.8, 4) is 11.5 Å². The van der Waals surface area contributed by atoms with E-state index in [1.807, 2.05) is 43.3 Å². The number of imide groups is 2. The Bertz CT molecular complexity index is 1640. The SMILES string of the molecule is COc1cc(C=C2C(=O)N(c3cccc(C)c3)C(=O)N(c3cccc4ccccc34)C2=O)cc(Br)c1OC. The second kappa shape index (κ2) is 10.1. The van der Waals surface area contributed by atoms with Crippen molar-refractivity contribution in [2.45, 2.75) is 6.92 Å². The zero-order chi connectivity index (χ0) is 27.0. The van der Waals surface area contributed by atoms with E-state index in [9.17, 15) is 14.4 Å². The summed E-state index contributed by atoms with van der Waals surface area (Å²) in [6.45, 7) is 1.87. The Labute approximate surface area is 228 Å². The molecule has 7 nitrogen and oxygen atoms in total. The lowest BCUT2D eigenvalue weighted by Crippen LogP contribution is -2.57. The van der Waals surface area contributed by atoms with E-state index in [4.69, 9.17) is 9.47 Å². The fourth-order valence-corrected chi connectivity index (χ4v) is 5.15. The molecule has 8 heteroatoms. The number of fused-ring (bicyclic) bond motifs is 1. The monoisotopic (exact) mass is 570 g/mol. The lowest BCUT2D eigenvalue weighted by atomic mass is 10.0. The third-order valence-corrected chi connectivity index (χ3v) is 6.87. The molecular weight excluding hydrogens is 548 g/mol. The first-order valence-electron chi connectivity index (χ1n) is 11.7. The molecule has 0 aromatic heterocycles. The Balaban J connectivity index is 1.73. The second-order valence-electron chi connectivity index (χ2n) is 8.70. The number of rotatable bonds is 5. The number of urea groups is 1. The highest BCUT2D eigenvalue weighted by Gasteiger charge is 2.44. The Hall–Kier alpha value is -4.43. The van der Waals surface area contributed by atoms with Crippen molar-refractivity contribution in [1.82, 2.24) is 0 Å². The van der Waals surface area contributed by atoms with E-state index in [1.165, 1.54) is 20.3 Å². The fraction of sp³-hybridized carbons (Fsp3) is 0.100. The van der Waals surface area contributed by atoms with Crippen LogP contribution >= 0.6 is 15.9 Å². The molecule has 1 aliphatic heterocycles. The number of hydrogen-bond donors (Lipinski definition) is 0. The van der Waals surface area contributed by atoms with Crippen LogP contribution in [0.4, 0.5) is 16.2 Å². The second-order valence-corrected chi connectivity index (χ2v) is 9.55. The first kappa shape index (κ1) is 25.2. The molecule has 0 aliphatic carbocycles. The zero-order valence-corrected chi connectivity index (χ0v) is 22.5. The van der Waals surface area contributed by atoms with Crippen molar-refractivity contribution in [3.63, 3.8) is 0 Å². The first-order valence-corrected chi connectivity index (χ1v) is 12.5. The van der Waals surface area contributed by atoms with Crippen LogP contribution in [0.25, 0.3) is 16.8 Å². The molecule has 5 rings (SSSR count). The van der Waals surface area contributed by atoms with E-state index in [-0.39, 0.29) is 5.57 Å². The number of anilines is 2. The predicted molar refractivity (Wildman–Crippen MR) is 151 cm³/mol. The lowest BCUT2D eigenvalue weighted by Gasteiger charge is -2.34. The smallest absolute Gasteiger partial charge is 0.343 e. The summed E-state index contributed by atoms with van der Waals surface area (Å²) in [4.78, 5) is 43.7. The Kier molecular flexibility index (Phi) is 6.73. The van der Waals surface area contributed by atoms with E-state index in [1.54, 1.807) is 42.5 Å². The molecule has 0 saturated carbocycles. The maximum Gasteiger partial charge on any atom is 0.343 e.